The Morgan fingerprint density at radius 2 is 1.57 bits per heavy atom. The van der Waals surface area contributed by atoms with Crippen LogP contribution in [0.15, 0.2) is 24.3 Å². The highest BCUT2D eigenvalue weighted by Crippen LogP contribution is 2.34. The Labute approximate surface area is 131 Å². The predicted molar refractivity (Wildman–Crippen MR) is 76.1 cm³/mol. The summed E-state index contributed by atoms with van der Waals surface area (Å²) in [5.41, 5.74) is -2.66. The lowest BCUT2D eigenvalue weighted by molar-refractivity contribution is -0.144. The molecule has 0 aliphatic carbocycles. The molecule has 1 aliphatic heterocycles. The monoisotopic (exact) mass is 329 g/mol. The summed E-state index contributed by atoms with van der Waals surface area (Å²) in [5.74, 6) is -1.84. The number of carbonyl (C=O) groups is 2. The van der Waals surface area contributed by atoms with Crippen molar-refractivity contribution in [2.45, 2.75) is 32.5 Å². The fraction of sp³-hybridized carbons (Fsp3) is 0.500. The molecule has 2 rings (SSSR count). The fourth-order valence-electron chi connectivity index (χ4n) is 2.61. The van der Waals surface area contributed by atoms with Crippen LogP contribution in [0.5, 0.6) is 0 Å². The summed E-state index contributed by atoms with van der Waals surface area (Å²) in [4.78, 5) is 25.1. The molecule has 7 heteroatoms. The van der Waals surface area contributed by atoms with Crippen LogP contribution in [0.25, 0.3) is 0 Å². The van der Waals surface area contributed by atoms with Crippen LogP contribution in [0.1, 0.15) is 31.9 Å². The number of carbonyl (C=O) groups excluding carboxylic acids is 2. The summed E-state index contributed by atoms with van der Waals surface area (Å²) in [5, 5.41) is 10.5. The molecule has 0 bridgehead atoms. The average molecular weight is 329 g/mol. The van der Waals surface area contributed by atoms with Gasteiger partial charge in [-0.15, -0.1) is 0 Å². The summed E-state index contributed by atoms with van der Waals surface area (Å²) in [7, 11) is 0. The van der Waals surface area contributed by atoms with Gasteiger partial charge in [-0.05, 0) is 24.6 Å². The first-order valence-corrected chi connectivity index (χ1v) is 7.20. The lowest BCUT2D eigenvalue weighted by Gasteiger charge is -2.29. The number of amides is 2. The summed E-state index contributed by atoms with van der Waals surface area (Å²) < 4.78 is 38.4. The lowest BCUT2D eigenvalue weighted by atomic mass is 9.93. The van der Waals surface area contributed by atoms with Gasteiger partial charge in [-0.25, -0.2) is 0 Å². The Balaban J connectivity index is 2.29. The van der Waals surface area contributed by atoms with Crippen LogP contribution in [-0.2, 0) is 21.4 Å². The first kappa shape index (κ1) is 17.5. The van der Waals surface area contributed by atoms with Crippen molar-refractivity contribution in [2.75, 3.05) is 6.54 Å². The van der Waals surface area contributed by atoms with Crippen LogP contribution in [0.3, 0.4) is 0 Å². The normalized spacial score (nSPS) is 24.9. The first-order valence-electron chi connectivity index (χ1n) is 7.20. The highest BCUT2D eigenvalue weighted by atomic mass is 19.4. The van der Waals surface area contributed by atoms with Gasteiger partial charge in [-0.1, -0.05) is 26.0 Å². The van der Waals surface area contributed by atoms with Crippen molar-refractivity contribution in [2.24, 2.45) is 11.8 Å². The minimum Gasteiger partial charge on any atom is -0.384 e. The van der Waals surface area contributed by atoms with E-state index in [0.29, 0.717) is 0 Å². The highest BCUT2D eigenvalue weighted by Gasteiger charge is 2.45. The van der Waals surface area contributed by atoms with E-state index in [4.69, 9.17) is 0 Å². The van der Waals surface area contributed by atoms with Crippen LogP contribution in [0.2, 0.25) is 0 Å². The minimum atomic E-state index is -4.53. The SMILES string of the molecule is CC1C(=O)N(CC(C)(O)c2cccc(C(F)(F)F)c2)C(=O)C1C. The molecule has 126 valence electrons. The summed E-state index contributed by atoms with van der Waals surface area (Å²) in [6.45, 7) is 4.14. The number of benzene rings is 1. The predicted octanol–water partition coefficient (Wildman–Crippen LogP) is 2.55. The second-order valence-electron chi connectivity index (χ2n) is 6.19. The molecule has 1 N–H and O–H groups in total. The number of β-amino-alcohol motifs (C(OH)–C–C–N with tert-alkyl or cyclic N) is 1. The number of imide groups is 1. The van der Waals surface area contributed by atoms with Crippen LogP contribution in [-0.4, -0.2) is 28.4 Å². The van der Waals surface area contributed by atoms with E-state index >= 15 is 0 Å². The van der Waals surface area contributed by atoms with E-state index in [-0.39, 0.29) is 12.1 Å². The Bertz CT molecular complexity index is 620. The number of halogens is 3. The van der Waals surface area contributed by atoms with Crippen LogP contribution < -0.4 is 0 Å². The second-order valence-corrected chi connectivity index (χ2v) is 6.19. The van der Waals surface area contributed by atoms with Crippen molar-refractivity contribution >= 4 is 11.8 Å². The van der Waals surface area contributed by atoms with E-state index in [9.17, 15) is 27.9 Å². The standard InChI is InChI=1S/C16H18F3NO3/c1-9-10(2)14(22)20(13(9)21)8-15(3,23)11-5-4-6-12(7-11)16(17,18)19/h4-7,9-10,23H,8H2,1-3H3. The largest absolute Gasteiger partial charge is 0.416 e. The quantitative estimate of drug-likeness (QED) is 0.867. The first-order chi connectivity index (χ1) is 10.4. The van der Waals surface area contributed by atoms with Gasteiger partial charge in [0.1, 0.15) is 5.60 Å². The van der Waals surface area contributed by atoms with Crippen LogP contribution >= 0.6 is 0 Å². The second kappa shape index (κ2) is 5.63. The minimum absolute atomic E-state index is 0.000121. The molecule has 1 aliphatic rings. The van der Waals surface area contributed by atoms with Crippen molar-refractivity contribution in [3.8, 4) is 0 Å². The summed E-state index contributed by atoms with van der Waals surface area (Å²) >= 11 is 0. The Morgan fingerprint density at radius 3 is 2.04 bits per heavy atom. The molecule has 0 spiro atoms. The van der Waals surface area contributed by atoms with Gasteiger partial charge in [-0.2, -0.15) is 13.2 Å². The third kappa shape index (κ3) is 3.24. The number of hydrogen-bond acceptors (Lipinski definition) is 3. The molecule has 3 atom stereocenters. The molecule has 1 heterocycles. The van der Waals surface area contributed by atoms with Crippen molar-refractivity contribution in [3.63, 3.8) is 0 Å². The molecule has 1 fully saturated rings. The van der Waals surface area contributed by atoms with E-state index in [2.05, 4.69) is 0 Å². The van der Waals surface area contributed by atoms with Gasteiger partial charge in [0.25, 0.3) is 0 Å². The van der Waals surface area contributed by atoms with Crippen molar-refractivity contribution in [3.05, 3.63) is 35.4 Å². The van der Waals surface area contributed by atoms with E-state index < -0.39 is 41.0 Å². The van der Waals surface area contributed by atoms with Gasteiger partial charge in [0.15, 0.2) is 0 Å². The number of alkyl halides is 3. The molecule has 1 aromatic carbocycles. The fourth-order valence-corrected chi connectivity index (χ4v) is 2.61. The van der Waals surface area contributed by atoms with Gasteiger partial charge in [-0.3, -0.25) is 14.5 Å². The Hall–Kier alpha value is -1.89. The smallest absolute Gasteiger partial charge is 0.384 e. The van der Waals surface area contributed by atoms with Crippen molar-refractivity contribution in [1.29, 1.82) is 0 Å². The molecular formula is C16H18F3NO3. The molecule has 1 aromatic rings. The lowest BCUT2D eigenvalue weighted by Crippen LogP contribution is -2.42. The van der Waals surface area contributed by atoms with Gasteiger partial charge in [0.05, 0.1) is 12.1 Å². The zero-order valence-electron chi connectivity index (χ0n) is 13.0. The number of rotatable bonds is 3. The highest BCUT2D eigenvalue weighted by molar-refractivity contribution is 6.04. The maximum atomic E-state index is 12.8. The zero-order valence-corrected chi connectivity index (χ0v) is 13.0. The van der Waals surface area contributed by atoms with E-state index in [1.54, 1.807) is 13.8 Å². The van der Waals surface area contributed by atoms with Gasteiger partial charge >= 0.3 is 6.18 Å². The molecule has 23 heavy (non-hydrogen) atoms. The number of likely N-dealkylation sites (tertiary alicyclic amines) is 1. The zero-order chi connectivity index (χ0) is 17.6. The number of nitrogens with zero attached hydrogens (tertiary/aromatic N) is 1. The van der Waals surface area contributed by atoms with E-state index in [1.807, 2.05) is 0 Å². The van der Waals surface area contributed by atoms with E-state index in [0.717, 1.165) is 17.0 Å². The Kier molecular flexibility index (Phi) is 4.28. The van der Waals surface area contributed by atoms with Crippen LogP contribution in [0, 0.1) is 11.8 Å². The maximum Gasteiger partial charge on any atom is 0.416 e. The molecule has 0 saturated carbocycles. The van der Waals surface area contributed by atoms with Crippen molar-refractivity contribution in [1.82, 2.24) is 4.90 Å². The molecule has 2 amide bonds. The molecule has 3 unspecified atom stereocenters. The summed E-state index contributed by atoms with van der Waals surface area (Å²) in [6, 6.07) is 4.26. The van der Waals surface area contributed by atoms with Gasteiger partial charge in [0, 0.05) is 11.8 Å². The van der Waals surface area contributed by atoms with Crippen molar-refractivity contribution < 1.29 is 27.9 Å². The number of aliphatic hydroxyl groups is 1. The summed E-state index contributed by atoms with van der Waals surface area (Å²) in [6.07, 6.45) is -4.53. The molecular weight excluding hydrogens is 311 g/mol. The molecule has 0 aromatic heterocycles. The van der Waals surface area contributed by atoms with Gasteiger partial charge in [0.2, 0.25) is 11.8 Å². The van der Waals surface area contributed by atoms with Crippen LogP contribution in [0.4, 0.5) is 13.2 Å². The molecule has 1 saturated heterocycles. The maximum absolute atomic E-state index is 12.8. The Morgan fingerprint density at radius 1 is 1.09 bits per heavy atom. The third-order valence-corrected chi connectivity index (χ3v) is 4.34. The van der Waals surface area contributed by atoms with E-state index in [1.165, 1.54) is 19.1 Å². The average Bonchev–Trinajstić information content (AvgIpc) is 2.64. The third-order valence-electron chi connectivity index (χ3n) is 4.34. The molecule has 0 radical (unpaired) electrons. The molecule has 4 nitrogen and oxygen atoms in total. The number of hydrogen-bond donors (Lipinski definition) is 1. The topological polar surface area (TPSA) is 57.6 Å². The van der Waals surface area contributed by atoms with Gasteiger partial charge < -0.3 is 5.11 Å².